The average molecular weight is 509 g/mol. The van der Waals surface area contributed by atoms with Gasteiger partial charge in [-0.25, -0.2) is 4.68 Å². The first-order valence-electron chi connectivity index (χ1n) is 11.9. The maximum absolute atomic E-state index is 13.4. The van der Waals surface area contributed by atoms with Crippen LogP contribution in [0.15, 0.2) is 35.3 Å². The van der Waals surface area contributed by atoms with Crippen LogP contribution >= 0.6 is 0 Å². The SMILES string of the molecule is COc1ccc2cc1OCCn1cc(nn1)CO[C@H]1CN(C(=O)c3c(C)cc(C)[nH]c3=O)C[C@@H]1NC2=O. The molecule has 2 aliphatic rings. The predicted molar refractivity (Wildman–Crippen MR) is 131 cm³/mol. The lowest BCUT2D eigenvalue weighted by Gasteiger charge is -2.20. The molecule has 0 radical (unpaired) electrons. The number of ether oxygens (including phenoxy) is 3. The third-order valence-electron chi connectivity index (χ3n) is 6.48. The van der Waals surface area contributed by atoms with Gasteiger partial charge < -0.3 is 29.4 Å². The van der Waals surface area contributed by atoms with Crippen LogP contribution in [-0.4, -0.2) is 75.6 Å². The summed E-state index contributed by atoms with van der Waals surface area (Å²) in [6.07, 6.45) is 1.24. The van der Waals surface area contributed by atoms with Gasteiger partial charge in [0.1, 0.15) is 17.9 Å². The number of likely N-dealkylation sites (tertiary alicyclic amines) is 1. The van der Waals surface area contributed by atoms with Crippen LogP contribution in [0.25, 0.3) is 0 Å². The van der Waals surface area contributed by atoms with E-state index in [1.54, 1.807) is 49.0 Å². The molecular formula is C25H28N6O6. The number of hydrogen-bond donors (Lipinski definition) is 2. The number of hydrogen-bond acceptors (Lipinski definition) is 8. The Labute approximate surface area is 212 Å². The zero-order chi connectivity index (χ0) is 26.1. The molecule has 5 rings (SSSR count). The normalized spacial score (nSPS) is 19.8. The topological polar surface area (TPSA) is 141 Å². The van der Waals surface area contributed by atoms with Crippen molar-refractivity contribution in [3.8, 4) is 11.5 Å². The van der Waals surface area contributed by atoms with Crippen molar-refractivity contribution in [2.45, 2.75) is 39.1 Å². The van der Waals surface area contributed by atoms with Gasteiger partial charge in [-0.05, 0) is 43.7 Å². The van der Waals surface area contributed by atoms with E-state index in [9.17, 15) is 14.4 Å². The molecular weight excluding hydrogens is 480 g/mol. The maximum Gasteiger partial charge on any atom is 0.261 e. The molecule has 1 saturated heterocycles. The summed E-state index contributed by atoms with van der Waals surface area (Å²) in [4.78, 5) is 43.4. The number of carbonyl (C=O) groups is 2. The van der Waals surface area contributed by atoms with Crippen LogP contribution < -0.4 is 20.3 Å². The van der Waals surface area contributed by atoms with Crippen molar-refractivity contribution in [3.63, 3.8) is 0 Å². The zero-order valence-electron chi connectivity index (χ0n) is 20.8. The maximum atomic E-state index is 13.4. The molecule has 2 atom stereocenters. The van der Waals surface area contributed by atoms with Gasteiger partial charge in [-0.3, -0.25) is 14.4 Å². The highest BCUT2D eigenvalue weighted by molar-refractivity contribution is 5.96. The standard InChI is InChI=1S/C25H28N6O6/c1-14-8-15(2)26-24(33)22(14)25(34)30-11-18-21(12-30)37-13-17-10-31(29-28-17)6-7-36-20-9-16(23(32)27-18)4-5-19(20)35-3/h4-5,8-10,18,21H,6-7,11-13H2,1-3H3,(H,26,33)(H,27,32)/t18-,21-/m0/s1. The van der Waals surface area contributed by atoms with Crippen LogP contribution in [0, 0.1) is 13.8 Å². The van der Waals surface area contributed by atoms with Crippen molar-refractivity contribution in [3.05, 3.63) is 68.9 Å². The average Bonchev–Trinajstić information content (AvgIpc) is 3.48. The first-order valence-corrected chi connectivity index (χ1v) is 11.9. The zero-order valence-corrected chi connectivity index (χ0v) is 20.8. The molecule has 2 amide bonds. The fourth-order valence-corrected chi connectivity index (χ4v) is 4.66. The van der Waals surface area contributed by atoms with Gasteiger partial charge in [0.05, 0.1) is 38.6 Å². The van der Waals surface area contributed by atoms with Gasteiger partial charge in [0.15, 0.2) is 11.5 Å². The van der Waals surface area contributed by atoms with Gasteiger partial charge in [0.2, 0.25) is 0 Å². The third-order valence-corrected chi connectivity index (χ3v) is 6.48. The highest BCUT2D eigenvalue weighted by Crippen LogP contribution is 2.28. The summed E-state index contributed by atoms with van der Waals surface area (Å²) in [6.45, 7) is 4.74. The summed E-state index contributed by atoms with van der Waals surface area (Å²) in [5, 5.41) is 11.2. The number of nitrogens with one attached hydrogen (secondary N) is 2. The Bertz CT molecular complexity index is 1400. The summed E-state index contributed by atoms with van der Waals surface area (Å²) in [5.41, 5.74) is 1.89. The summed E-state index contributed by atoms with van der Waals surface area (Å²) in [6, 6.07) is 6.16. The summed E-state index contributed by atoms with van der Waals surface area (Å²) in [7, 11) is 1.53. The fourth-order valence-electron chi connectivity index (χ4n) is 4.66. The molecule has 4 bridgehead atoms. The number of nitrogens with zero attached hydrogens (tertiary/aromatic N) is 4. The Balaban J connectivity index is 1.44. The molecule has 12 nitrogen and oxygen atoms in total. The molecule has 4 heterocycles. The van der Waals surface area contributed by atoms with Crippen LogP contribution in [0.2, 0.25) is 0 Å². The van der Waals surface area contributed by atoms with Crippen LogP contribution in [0.5, 0.6) is 11.5 Å². The number of aryl methyl sites for hydroxylation is 2. The number of amides is 2. The minimum atomic E-state index is -0.526. The number of methoxy groups -OCH3 is 1. The molecule has 3 aromatic rings. The lowest BCUT2D eigenvalue weighted by atomic mass is 10.1. The number of rotatable bonds is 2. The molecule has 1 aromatic carbocycles. The molecule has 0 saturated carbocycles. The molecule has 2 N–H and O–H groups in total. The number of pyridine rings is 1. The van der Waals surface area contributed by atoms with Gasteiger partial charge in [-0.1, -0.05) is 5.21 Å². The van der Waals surface area contributed by atoms with Gasteiger partial charge in [0.25, 0.3) is 17.4 Å². The summed E-state index contributed by atoms with van der Waals surface area (Å²) < 4.78 is 19.0. The van der Waals surface area contributed by atoms with Crippen LogP contribution in [0.4, 0.5) is 0 Å². The van der Waals surface area contributed by atoms with Crippen molar-refractivity contribution in [2.24, 2.45) is 0 Å². The minimum Gasteiger partial charge on any atom is -0.493 e. The highest BCUT2D eigenvalue weighted by Gasteiger charge is 2.38. The first kappa shape index (κ1) is 24.5. The van der Waals surface area contributed by atoms with Crippen molar-refractivity contribution in [2.75, 3.05) is 26.8 Å². The second-order valence-corrected chi connectivity index (χ2v) is 9.17. The molecule has 1 fully saturated rings. The monoisotopic (exact) mass is 508 g/mol. The molecule has 0 unspecified atom stereocenters. The molecule has 2 aliphatic heterocycles. The summed E-state index contributed by atoms with van der Waals surface area (Å²) >= 11 is 0. The lowest BCUT2D eigenvalue weighted by Crippen LogP contribution is -2.44. The predicted octanol–water partition coefficient (Wildman–Crippen LogP) is 0.824. The number of carbonyl (C=O) groups excluding carboxylic acids is 2. The van der Waals surface area contributed by atoms with E-state index in [2.05, 4.69) is 20.6 Å². The van der Waals surface area contributed by atoms with Crippen molar-refractivity contribution >= 4 is 11.8 Å². The van der Waals surface area contributed by atoms with E-state index in [1.807, 2.05) is 0 Å². The van der Waals surface area contributed by atoms with E-state index < -0.39 is 23.6 Å². The van der Waals surface area contributed by atoms with E-state index >= 15 is 0 Å². The second kappa shape index (κ2) is 10.1. The van der Waals surface area contributed by atoms with Crippen LogP contribution in [0.3, 0.4) is 0 Å². The van der Waals surface area contributed by atoms with E-state index in [1.165, 1.54) is 12.0 Å². The Morgan fingerprint density at radius 3 is 2.81 bits per heavy atom. The third kappa shape index (κ3) is 5.05. The number of aromatic amines is 1. The highest BCUT2D eigenvalue weighted by atomic mass is 16.5. The number of fused-ring (bicyclic) bond motifs is 5. The first-order chi connectivity index (χ1) is 17.8. The molecule has 37 heavy (non-hydrogen) atoms. The quantitative estimate of drug-likeness (QED) is 0.519. The Morgan fingerprint density at radius 1 is 1.19 bits per heavy atom. The summed E-state index contributed by atoms with van der Waals surface area (Å²) in [5.74, 6) is 0.168. The molecule has 2 aromatic heterocycles. The van der Waals surface area contributed by atoms with E-state index in [4.69, 9.17) is 14.2 Å². The fraction of sp³-hybridized carbons (Fsp3) is 0.400. The van der Waals surface area contributed by atoms with E-state index in [-0.39, 0.29) is 31.2 Å². The van der Waals surface area contributed by atoms with Crippen LogP contribution in [0.1, 0.15) is 37.7 Å². The molecule has 12 heteroatoms. The molecule has 0 spiro atoms. The van der Waals surface area contributed by atoms with E-state index in [0.717, 1.165) is 0 Å². The lowest BCUT2D eigenvalue weighted by molar-refractivity contribution is 0.0291. The second-order valence-electron chi connectivity index (χ2n) is 9.17. The minimum absolute atomic E-state index is 0.0818. The van der Waals surface area contributed by atoms with Crippen molar-refractivity contribution in [1.29, 1.82) is 0 Å². The molecule has 0 aliphatic carbocycles. The number of benzene rings is 1. The Hall–Kier alpha value is -4.19. The number of H-pyrrole nitrogens is 1. The van der Waals surface area contributed by atoms with Gasteiger partial charge in [-0.2, -0.15) is 0 Å². The number of aromatic nitrogens is 4. The Kier molecular flexibility index (Phi) is 6.66. The van der Waals surface area contributed by atoms with Gasteiger partial charge in [0, 0.05) is 24.3 Å². The largest absolute Gasteiger partial charge is 0.493 e. The van der Waals surface area contributed by atoms with Gasteiger partial charge >= 0.3 is 0 Å². The Morgan fingerprint density at radius 2 is 2.03 bits per heavy atom. The van der Waals surface area contributed by atoms with Crippen LogP contribution in [-0.2, 0) is 17.9 Å². The van der Waals surface area contributed by atoms with Crippen molar-refractivity contribution < 1.29 is 23.8 Å². The smallest absolute Gasteiger partial charge is 0.261 e. The van der Waals surface area contributed by atoms with E-state index in [0.29, 0.717) is 47.2 Å². The van der Waals surface area contributed by atoms with Crippen molar-refractivity contribution in [1.82, 2.24) is 30.2 Å². The van der Waals surface area contributed by atoms with Gasteiger partial charge in [-0.15, -0.1) is 5.10 Å². The molecule has 194 valence electrons.